The van der Waals surface area contributed by atoms with E-state index >= 15 is 0 Å². The molecule has 0 spiro atoms. The lowest BCUT2D eigenvalue weighted by atomic mass is 10.1. The first-order valence-corrected chi connectivity index (χ1v) is 6.06. The van der Waals surface area contributed by atoms with Gasteiger partial charge in [0, 0.05) is 0 Å². The van der Waals surface area contributed by atoms with E-state index in [1.165, 1.54) is 0 Å². The molecule has 0 radical (unpaired) electrons. The maximum absolute atomic E-state index is 9.48. The number of hydrogen-bond acceptors (Lipinski definition) is 3. The van der Waals surface area contributed by atoms with Gasteiger partial charge in [-0.3, -0.25) is 0 Å². The van der Waals surface area contributed by atoms with Crippen LogP contribution in [0.2, 0.25) is 5.02 Å². The van der Waals surface area contributed by atoms with Crippen molar-refractivity contribution in [2.75, 3.05) is 17.7 Å². The molecule has 0 aromatic heterocycles. The summed E-state index contributed by atoms with van der Waals surface area (Å²) in [6.45, 7) is -0.0331. The van der Waals surface area contributed by atoms with Gasteiger partial charge in [0.25, 0.3) is 0 Å². The normalized spacial score (nSPS) is 12.1. The van der Waals surface area contributed by atoms with Gasteiger partial charge in [0.1, 0.15) is 0 Å². The predicted molar refractivity (Wildman–Crippen MR) is 75.8 cm³/mol. The number of benzene rings is 2. The van der Waals surface area contributed by atoms with Crippen molar-refractivity contribution in [3.8, 4) is 0 Å². The second kappa shape index (κ2) is 5.76. The topological polar surface area (TPSA) is 58.3 Å². The Hall–Kier alpha value is -1.71. The lowest BCUT2D eigenvalue weighted by molar-refractivity contribution is 0.276. The molecule has 0 saturated heterocycles. The zero-order chi connectivity index (χ0) is 13.0. The van der Waals surface area contributed by atoms with Crippen LogP contribution < -0.4 is 11.1 Å². The molecule has 0 saturated carbocycles. The summed E-state index contributed by atoms with van der Waals surface area (Å²) in [5.41, 5.74) is 8.08. The number of hydrogen-bond donors (Lipinski definition) is 3. The smallest absolute Gasteiger partial charge is 0.0768 e. The second-order valence-corrected chi connectivity index (χ2v) is 4.40. The highest BCUT2D eigenvalue weighted by Gasteiger charge is 2.13. The van der Waals surface area contributed by atoms with Crippen molar-refractivity contribution >= 4 is 23.0 Å². The molecule has 0 amide bonds. The molecule has 1 unspecified atom stereocenters. The minimum absolute atomic E-state index is 0.0331. The highest BCUT2D eigenvalue weighted by atomic mass is 35.5. The van der Waals surface area contributed by atoms with E-state index < -0.39 is 0 Å². The van der Waals surface area contributed by atoms with Gasteiger partial charge >= 0.3 is 0 Å². The van der Waals surface area contributed by atoms with Crippen molar-refractivity contribution in [3.63, 3.8) is 0 Å². The van der Waals surface area contributed by atoms with Crippen LogP contribution in [-0.2, 0) is 0 Å². The number of para-hydroxylation sites is 1. The molecule has 4 heteroatoms. The van der Waals surface area contributed by atoms with E-state index in [2.05, 4.69) is 5.32 Å². The fourth-order valence-electron chi connectivity index (χ4n) is 1.79. The highest BCUT2D eigenvalue weighted by Crippen LogP contribution is 2.31. The molecule has 2 aromatic rings. The van der Waals surface area contributed by atoms with Crippen molar-refractivity contribution < 1.29 is 5.11 Å². The van der Waals surface area contributed by atoms with E-state index in [0.717, 1.165) is 5.56 Å². The monoisotopic (exact) mass is 262 g/mol. The van der Waals surface area contributed by atoms with Crippen LogP contribution in [0, 0.1) is 0 Å². The van der Waals surface area contributed by atoms with Crippen molar-refractivity contribution in [2.24, 2.45) is 0 Å². The van der Waals surface area contributed by atoms with E-state index in [1.807, 2.05) is 30.3 Å². The Morgan fingerprint density at radius 3 is 2.44 bits per heavy atom. The quantitative estimate of drug-likeness (QED) is 0.742. The van der Waals surface area contributed by atoms with Gasteiger partial charge in [-0.15, -0.1) is 0 Å². The predicted octanol–water partition coefficient (Wildman–Crippen LogP) is 3.07. The van der Waals surface area contributed by atoms with E-state index in [0.29, 0.717) is 16.4 Å². The zero-order valence-electron chi connectivity index (χ0n) is 9.81. The Kier molecular flexibility index (Phi) is 4.07. The summed E-state index contributed by atoms with van der Waals surface area (Å²) in [7, 11) is 0. The third-order valence-electron chi connectivity index (χ3n) is 2.75. The minimum Gasteiger partial charge on any atom is -0.397 e. The zero-order valence-corrected chi connectivity index (χ0v) is 10.6. The molecule has 0 bridgehead atoms. The Morgan fingerprint density at radius 2 is 1.83 bits per heavy atom. The second-order valence-electron chi connectivity index (χ2n) is 3.99. The molecule has 0 heterocycles. The molecule has 0 aliphatic carbocycles. The Morgan fingerprint density at radius 1 is 1.11 bits per heavy atom. The van der Waals surface area contributed by atoms with E-state index in [1.54, 1.807) is 18.2 Å². The standard InChI is InChI=1S/C14H15ClN2O/c15-11-7-4-8-12(16)14(11)17-13(9-18)10-5-2-1-3-6-10/h1-8,13,17-18H,9,16H2. The van der Waals surface area contributed by atoms with Gasteiger partial charge in [-0.25, -0.2) is 0 Å². The molecule has 2 aromatic carbocycles. The van der Waals surface area contributed by atoms with Gasteiger partial charge in [-0.1, -0.05) is 48.0 Å². The van der Waals surface area contributed by atoms with Gasteiger partial charge in [-0.2, -0.15) is 0 Å². The fourth-order valence-corrected chi connectivity index (χ4v) is 2.02. The Bertz CT molecular complexity index is 496. The van der Waals surface area contributed by atoms with Crippen molar-refractivity contribution in [1.82, 2.24) is 0 Å². The summed E-state index contributed by atoms with van der Waals surface area (Å²) in [6, 6.07) is 14.8. The molecule has 4 N–H and O–H groups in total. The number of nitrogens with two attached hydrogens (primary N) is 1. The number of aliphatic hydroxyl groups is 1. The van der Waals surface area contributed by atoms with Crippen molar-refractivity contribution in [2.45, 2.75) is 6.04 Å². The first-order chi connectivity index (χ1) is 8.72. The largest absolute Gasteiger partial charge is 0.397 e. The van der Waals surface area contributed by atoms with Gasteiger partial charge < -0.3 is 16.2 Å². The number of nitrogen functional groups attached to an aromatic ring is 1. The molecule has 18 heavy (non-hydrogen) atoms. The summed E-state index contributed by atoms with van der Waals surface area (Å²) >= 11 is 6.09. The molecule has 0 aliphatic rings. The summed E-state index contributed by atoms with van der Waals surface area (Å²) in [6.07, 6.45) is 0. The third-order valence-corrected chi connectivity index (χ3v) is 3.06. The summed E-state index contributed by atoms with van der Waals surface area (Å²) in [5.74, 6) is 0. The Labute approximate surface area is 111 Å². The van der Waals surface area contributed by atoms with Gasteiger partial charge in [0.15, 0.2) is 0 Å². The highest BCUT2D eigenvalue weighted by molar-refractivity contribution is 6.33. The molecule has 3 nitrogen and oxygen atoms in total. The molecule has 2 rings (SSSR count). The lowest BCUT2D eigenvalue weighted by Gasteiger charge is -2.20. The van der Waals surface area contributed by atoms with E-state index in [4.69, 9.17) is 17.3 Å². The molecular weight excluding hydrogens is 248 g/mol. The number of nitrogens with one attached hydrogen (secondary N) is 1. The van der Waals surface area contributed by atoms with Crippen LogP contribution in [0.25, 0.3) is 0 Å². The lowest BCUT2D eigenvalue weighted by Crippen LogP contribution is -2.16. The van der Waals surface area contributed by atoms with Crippen LogP contribution in [0.15, 0.2) is 48.5 Å². The summed E-state index contributed by atoms with van der Waals surface area (Å²) < 4.78 is 0. The van der Waals surface area contributed by atoms with Gasteiger partial charge in [0.05, 0.1) is 29.0 Å². The van der Waals surface area contributed by atoms with Crippen LogP contribution in [0.1, 0.15) is 11.6 Å². The molecule has 0 aliphatic heterocycles. The maximum Gasteiger partial charge on any atom is 0.0768 e. The van der Waals surface area contributed by atoms with Crippen LogP contribution in [0.5, 0.6) is 0 Å². The van der Waals surface area contributed by atoms with Gasteiger partial charge in [-0.05, 0) is 17.7 Å². The SMILES string of the molecule is Nc1cccc(Cl)c1NC(CO)c1ccccc1. The molecule has 94 valence electrons. The molecule has 0 fully saturated rings. The van der Waals surface area contributed by atoms with Crippen LogP contribution in [-0.4, -0.2) is 11.7 Å². The number of anilines is 2. The first-order valence-electron chi connectivity index (χ1n) is 5.68. The number of halogens is 1. The summed E-state index contributed by atoms with van der Waals surface area (Å²) in [5, 5.41) is 13.2. The van der Waals surface area contributed by atoms with Crippen molar-refractivity contribution in [3.05, 3.63) is 59.1 Å². The first kappa shape index (κ1) is 12.7. The van der Waals surface area contributed by atoms with Gasteiger partial charge in [0.2, 0.25) is 0 Å². The minimum atomic E-state index is -0.228. The number of aliphatic hydroxyl groups excluding tert-OH is 1. The van der Waals surface area contributed by atoms with Crippen LogP contribution >= 0.6 is 11.6 Å². The maximum atomic E-state index is 9.48. The van der Waals surface area contributed by atoms with Crippen molar-refractivity contribution in [1.29, 1.82) is 0 Å². The third kappa shape index (κ3) is 2.75. The van der Waals surface area contributed by atoms with E-state index in [9.17, 15) is 5.11 Å². The fraction of sp³-hybridized carbons (Fsp3) is 0.143. The molecular formula is C14H15ClN2O. The molecule has 1 atom stereocenters. The average molecular weight is 263 g/mol. The van der Waals surface area contributed by atoms with E-state index in [-0.39, 0.29) is 12.6 Å². The Balaban J connectivity index is 2.26. The van der Waals surface area contributed by atoms with Crippen LogP contribution in [0.3, 0.4) is 0 Å². The summed E-state index contributed by atoms with van der Waals surface area (Å²) in [4.78, 5) is 0. The average Bonchev–Trinajstić information content (AvgIpc) is 2.40. The van der Waals surface area contributed by atoms with Crippen LogP contribution in [0.4, 0.5) is 11.4 Å². The number of rotatable bonds is 4.